The van der Waals surface area contributed by atoms with Gasteiger partial charge in [0.25, 0.3) is 5.91 Å². The van der Waals surface area contributed by atoms with Crippen molar-refractivity contribution in [1.29, 1.82) is 0 Å². The number of nitrogens with two attached hydrogens (primary N) is 2. The maximum absolute atomic E-state index is 11.7. The molecule has 6 N–H and O–H groups in total. The van der Waals surface area contributed by atoms with Crippen LogP contribution in [0.15, 0.2) is 18.2 Å². The summed E-state index contributed by atoms with van der Waals surface area (Å²) in [5.74, 6) is -0.346. The minimum atomic E-state index is -0.635. The predicted octanol–water partition coefficient (Wildman–Crippen LogP) is 4.17. The molecule has 7 nitrogen and oxygen atoms in total. The van der Waals surface area contributed by atoms with Gasteiger partial charge < -0.3 is 21.9 Å². The van der Waals surface area contributed by atoms with Crippen molar-refractivity contribution in [2.24, 2.45) is 5.73 Å². The van der Waals surface area contributed by atoms with E-state index >= 15 is 0 Å². The van der Waals surface area contributed by atoms with E-state index < -0.39 is 12.0 Å². The van der Waals surface area contributed by atoms with Crippen LogP contribution in [-0.2, 0) is 0 Å². The molecule has 28 heavy (non-hydrogen) atoms. The highest BCUT2D eigenvalue weighted by atomic mass is 35.5. The van der Waals surface area contributed by atoms with Crippen LogP contribution in [0.4, 0.5) is 11.6 Å². The smallest absolute Gasteiger partial charge is 0.260 e. The van der Waals surface area contributed by atoms with Crippen molar-refractivity contribution in [1.82, 2.24) is 9.97 Å². The Morgan fingerprint density at radius 2 is 1.96 bits per heavy atom. The van der Waals surface area contributed by atoms with Crippen molar-refractivity contribution >= 4 is 62.3 Å². The van der Waals surface area contributed by atoms with Crippen molar-refractivity contribution in [2.75, 3.05) is 17.6 Å². The molecule has 1 atom stereocenters. The molecule has 150 valence electrons. The first kappa shape index (κ1) is 22.2. The molecule has 1 aromatic carbocycles. The Labute approximate surface area is 176 Å². The summed E-state index contributed by atoms with van der Waals surface area (Å²) >= 11 is 13.2. The van der Waals surface area contributed by atoms with Crippen LogP contribution in [0.25, 0.3) is 21.5 Å². The third-order valence-corrected chi connectivity index (χ3v) is 5.41. The zero-order valence-corrected chi connectivity index (χ0v) is 17.9. The first-order valence-electron chi connectivity index (χ1n) is 8.55. The van der Waals surface area contributed by atoms with Crippen LogP contribution in [0.3, 0.4) is 0 Å². The maximum atomic E-state index is 11.7. The normalized spacial score (nSPS) is 11.6. The van der Waals surface area contributed by atoms with Crippen LogP contribution in [0.2, 0.25) is 10.0 Å². The second-order valence-electron chi connectivity index (χ2n) is 5.64. The summed E-state index contributed by atoms with van der Waals surface area (Å²) in [4.78, 5) is 21.2. The van der Waals surface area contributed by atoms with E-state index in [2.05, 4.69) is 15.3 Å². The summed E-state index contributed by atoms with van der Waals surface area (Å²) in [5, 5.41) is 13.7. The molecule has 2 heterocycles. The topological polar surface area (TPSA) is 127 Å². The number of benzene rings is 1. The Hall–Kier alpha value is -2.13. The van der Waals surface area contributed by atoms with Crippen LogP contribution in [0.1, 0.15) is 30.4 Å². The molecule has 10 heteroatoms. The van der Waals surface area contributed by atoms with Gasteiger partial charge in [0.2, 0.25) is 5.95 Å². The quantitative estimate of drug-likeness (QED) is 0.470. The second-order valence-corrected chi connectivity index (χ2v) is 7.46. The summed E-state index contributed by atoms with van der Waals surface area (Å²) in [6.07, 6.45) is -0.586. The van der Waals surface area contributed by atoms with Gasteiger partial charge in [0.05, 0.1) is 32.9 Å². The fourth-order valence-electron chi connectivity index (χ4n) is 2.38. The Morgan fingerprint density at radius 1 is 1.29 bits per heavy atom. The molecule has 1 unspecified atom stereocenters. The van der Waals surface area contributed by atoms with E-state index in [9.17, 15) is 9.90 Å². The van der Waals surface area contributed by atoms with Gasteiger partial charge in [-0.25, -0.2) is 9.97 Å². The maximum Gasteiger partial charge on any atom is 0.260 e. The number of hydrogen-bond acceptors (Lipinski definition) is 7. The SMILES string of the molecule is CC.CC(O)CNc1nc(-c2ccc(Cl)c(Cl)c2)c2c(N)c(C(N)=O)sc2n1. The van der Waals surface area contributed by atoms with Gasteiger partial charge in [-0.05, 0) is 19.1 Å². The number of anilines is 2. The number of amides is 1. The molecule has 0 fully saturated rings. The van der Waals surface area contributed by atoms with Gasteiger partial charge in [0, 0.05) is 12.1 Å². The van der Waals surface area contributed by atoms with Crippen LogP contribution in [0.5, 0.6) is 0 Å². The van der Waals surface area contributed by atoms with Gasteiger partial charge >= 0.3 is 0 Å². The number of halogens is 2. The first-order chi connectivity index (χ1) is 13.3. The van der Waals surface area contributed by atoms with Crippen molar-refractivity contribution in [3.63, 3.8) is 0 Å². The highest BCUT2D eigenvalue weighted by Gasteiger charge is 2.21. The summed E-state index contributed by atoms with van der Waals surface area (Å²) < 4.78 is 0. The van der Waals surface area contributed by atoms with Crippen molar-refractivity contribution in [3.05, 3.63) is 33.1 Å². The number of carbonyl (C=O) groups is 1. The van der Waals surface area contributed by atoms with Gasteiger partial charge in [-0.15, -0.1) is 11.3 Å². The lowest BCUT2D eigenvalue weighted by atomic mass is 10.1. The molecule has 3 aromatic rings. The van der Waals surface area contributed by atoms with Gasteiger partial charge in [-0.1, -0.05) is 43.1 Å². The number of aliphatic hydroxyl groups is 1. The molecule has 1 amide bonds. The van der Waals surface area contributed by atoms with Gasteiger partial charge in [0.15, 0.2) is 0 Å². The van der Waals surface area contributed by atoms with E-state index in [1.807, 2.05) is 13.8 Å². The van der Waals surface area contributed by atoms with Gasteiger partial charge in [-0.3, -0.25) is 4.79 Å². The number of nitrogen functional groups attached to an aromatic ring is 1. The number of carbonyl (C=O) groups excluding carboxylic acids is 1. The molecule has 3 rings (SSSR count). The fourth-order valence-corrected chi connectivity index (χ4v) is 3.62. The van der Waals surface area contributed by atoms with E-state index in [4.69, 9.17) is 34.7 Å². The molecular weight excluding hydrogens is 421 g/mol. The molecule has 0 spiro atoms. The summed E-state index contributed by atoms with van der Waals surface area (Å²) in [6.45, 7) is 5.90. The van der Waals surface area contributed by atoms with Gasteiger partial charge in [0.1, 0.15) is 9.71 Å². The fraction of sp³-hybridized carbons (Fsp3) is 0.278. The first-order valence-corrected chi connectivity index (χ1v) is 10.1. The number of hydrogen-bond donors (Lipinski definition) is 4. The molecule has 0 aliphatic carbocycles. The van der Waals surface area contributed by atoms with Crippen LogP contribution >= 0.6 is 34.5 Å². The van der Waals surface area contributed by atoms with Crippen LogP contribution < -0.4 is 16.8 Å². The third kappa shape index (κ3) is 4.64. The zero-order chi connectivity index (χ0) is 21.0. The van der Waals surface area contributed by atoms with Crippen LogP contribution in [0, 0.1) is 0 Å². The largest absolute Gasteiger partial charge is 0.397 e. The second kappa shape index (κ2) is 9.38. The lowest BCUT2D eigenvalue weighted by molar-refractivity contribution is 0.100. The highest BCUT2D eigenvalue weighted by Crippen LogP contribution is 2.40. The van der Waals surface area contributed by atoms with E-state index in [1.165, 1.54) is 0 Å². The minimum Gasteiger partial charge on any atom is -0.397 e. The number of nitrogens with zero attached hydrogens (tertiary/aromatic N) is 2. The van der Waals surface area contributed by atoms with Crippen molar-refractivity contribution in [3.8, 4) is 11.3 Å². The Kier molecular flexibility index (Phi) is 7.42. The number of aromatic nitrogens is 2. The standard InChI is InChI=1S/C16H15Cl2N5O2S.C2H6/c1-6(24)5-21-16-22-12(7-2-3-8(17)9(18)4-7)10-11(19)13(14(20)25)26-15(10)23-16;1-2/h2-4,6,24H,5,19H2,1H3,(H2,20,25)(H,21,22,23);1-2H3. The zero-order valence-electron chi connectivity index (χ0n) is 15.6. The summed E-state index contributed by atoms with van der Waals surface area (Å²) in [6, 6.07) is 5.05. The number of fused-ring (bicyclic) bond motifs is 1. The molecule has 0 bridgehead atoms. The molecule has 0 aliphatic heterocycles. The predicted molar refractivity (Wildman–Crippen MR) is 117 cm³/mol. The Morgan fingerprint density at radius 3 is 2.54 bits per heavy atom. The number of aliphatic hydroxyl groups excluding tert-OH is 1. The van der Waals surface area contributed by atoms with Crippen molar-refractivity contribution in [2.45, 2.75) is 26.9 Å². The number of nitrogens with one attached hydrogen (secondary N) is 1. The average Bonchev–Trinajstić information content (AvgIpc) is 3.00. The lowest BCUT2D eigenvalue weighted by Gasteiger charge is -2.10. The van der Waals surface area contributed by atoms with E-state index in [-0.39, 0.29) is 23.1 Å². The molecule has 0 saturated carbocycles. The average molecular weight is 442 g/mol. The number of rotatable bonds is 5. The monoisotopic (exact) mass is 441 g/mol. The van der Waals surface area contributed by atoms with E-state index in [1.54, 1.807) is 25.1 Å². The third-order valence-electron chi connectivity index (χ3n) is 3.56. The number of primary amides is 1. The minimum absolute atomic E-state index is 0.211. The van der Waals surface area contributed by atoms with Crippen molar-refractivity contribution < 1.29 is 9.90 Å². The van der Waals surface area contributed by atoms with E-state index in [0.29, 0.717) is 31.5 Å². The lowest BCUT2D eigenvalue weighted by Crippen LogP contribution is -2.17. The number of thiophene rings is 1. The van der Waals surface area contributed by atoms with Gasteiger partial charge in [-0.2, -0.15) is 0 Å². The molecule has 0 saturated heterocycles. The Balaban J connectivity index is 0.00000136. The van der Waals surface area contributed by atoms with E-state index in [0.717, 1.165) is 11.3 Å². The summed E-state index contributed by atoms with van der Waals surface area (Å²) in [7, 11) is 0. The molecular formula is C18H21Cl2N5O2S. The Bertz CT molecular complexity index is 1010. The summed E-state index contributed by atoms with van der Waals surface area (Å²) in [5.41, 5.74) is 12.9. The highest BCUT2D eigenvalue weighted by molar-refractivity contribution is 7.21. The molecule has 0 radical (unpaired) electrons. The molecule has 2 aromatic heterocycles. The molecule has 0 aliphatic rings. The van der Waals surface area contributed by atoms with Crippen LogP contribution in [-0.4, -0.2) is 33.6 Å².